The zero-order valence-electron chi connectivity index (χ0n) is 53.0. The second-order valence-corrected chi connectivity index (χ2v) is 24.6. The van der Waals surface area contributed by atoms with Crippen LogP contribution in [-0.4, -0.2) is 140 Å². The van der Waals surface area contributed by atoms with E-state index in [1.54, 1.807) is 6.08 Å². The van der Waals surface area contributed by atoms with Crippen molar-refractivity contribution in [2.24, 2.45) is 0 Å². The molecule has 488 valence electrons. The van der Waals surface area contributed by atoms with Gasteiger partial charge in [0.25, 0.3) is 0 Å². The number of unbranched alkanes of at least 4 members (excludes halogenated alkanes) is 40. The quantitative estimate of drug-likeness (QED) is 0.0204. The number of rotatable bonds is 57. The summed E-state index contributed by atoms with van der Waals surface area (Å²) in [5.41, 5.74) is 0. The highest BCUT2D eigenvalue weighted by atomic mass is 16.7. The van der Waals surface area contributed by atoms with Crippen molar-refractivity contribution in [3.8, 4) is 0 Å². The smallest absolute Gasteiger partial charge is 0.220 e. The molecule has 2 aliphatic rings. The maximum atomic E-state index is 13.2. The number of carbonyl (C=O) groups is 1. The van der Waals surface area contributed by atoms with Crippen LogP contribution in [0.3, 0.4) is 0 Å². The van der Waals surface area contributed by atoms with E-state index in [9.17, 15) is 45.6 Å². The van der Waals surface area contributed by atoms with Gasteiger partial charge in [-0.1, -0.05) is 275 Å². The minimum absolute atomic E-state index is 0.246. The number of carbonyl (C=O) groups excluding carboxylic acids is 1. The van der Waals surface area contributed by atoms with Crippen LogP contribution in [0.15, 0.2) is 36.5 Å². The minimum atomic E-state index is -1.79. The van der Waals surface area contributed by atoms with E-state index in [4.69, 9.17) is 18.9 Å². The first kappa shape index (κ1) is 77.3. The third kappa shape index (κ3) is 39.0. The first-order valence-corrected chi connectivity index (χ1v) is 34.7. The summed E-state index contributed by atoms with van der Waals surface area (Å²) in [5, 5.41) is 86.9. The van der Waals surface area contributed by atoms with Gasteiger partial charge in [0.05, 0.1) is 32.0 Å². The Hall–Kier alpha value is -1.79. The lowest BCUT2D eigenvalue weighted by Gasteiger charge is -2.46. The average Bonchev–Trinajstić information content (AvgIpc) is 3.51. The van der Waals surface area contributed by atoms with E-state index in [2.05, 4.69) is 43.5 Å². The van der Waals surface area contributed by atoms with E-state index in [1.807, 2.05) is 6.08 Å². The maximum Gasteiger partial charge on any atom is 0.220 e. The lowest BCUT2D eigenvalue weighted by atomic mass is 9.97. The van der Waals surface area contributed by atoms with Crippen molar-refractivity contribution in [2.45, 2.75) is 376 Å². The molecule has 14 nitrogen and oxygen atoms in total. The van der Waals surface area contributed by atoms with Gasteiger partial charge in [0, 0.05) is 6.42 Å². The third-order valence-electron chi connectivity index (χ3n) is 17.0. The SMILES string of the molecule is CCCCCC/C=C/CC/C=C/C(O)C(COC1OC(CO)C(OC2OC(CO)C(O)C(O)C2O)C(O)C1O)NC(=O)CCCCCCCCCCCCCCCCCCCCCCCCCCCCC/C=C\CCCCCCCCCC. The van der Waals surface area contributed by atoms with Gasteiger partial charge in [0.15, 0.2) is 12.6 Å². The van der Waals surface area contributed by atoms with Gasteiger partial charge in [-0.05, 0) is 57.8 Å². The Morgan fingerprint density at radius 1 is 0.422 bits per heavy atom. The maximum absolute atomic E-state index is 13.2. The molecule has 0 aromatic carbocycles. The van der Waals surface area contributed by atoms with Gasteiger partial charge < -0.3 is 65.1 Å². The summed E-state index contributed by atoms with van der Waals surface area (Å²) in [5.74, 6) is -0.246. The number of aliphatic hydroxyl groups excluding tert-OH is 8. The molecule has 0 saturated carbocycles. The number of amides is 1. The molecule has 2 fully saturated rings. The zero-order chi connectivity index (χ0) is 60.2. The van der Waals surface area contributed by atoms with E-state index < -0.39 is 86.8 Å². The van der Waals surface area contributed by atoms with Crippen LogP contribution in [0.4, 0.5) is 0 Å². The number of hydrogen-bond acceptors (Lipinski definition) is 13. The molecule has 0 bridgehead atoms. The minimum Gasteiger partial charge on any atom is -0.394 e. The Bertz CT molecular complexity index is 1530. The summed E-state index contributed by atoms with van der Waals surface area (Å²) in [6.45, 7) is 2.76. The molecular formula is C69H129NO13. The highest BCUT2D eigenvalue weighted by Gasteiger charge is 2.51. The van der Waals surface area contributed by atoms with Gasteiger partial charge in [-0.25, -0.2) is 0 Å². The lowest BCUT2D eigenvalue weighted by Crippen LogP contribution is -2.65. The van der Waals surface area contributed by atoms with E-state index in [0.717, 1.165) is 32.1 Å². The normalized spacial score (nSPS) is 24.0. The number of nitrogens with one attached hydrogen (secondary N) is 1. The average molecular weight is 1180 g/mol. The van der Waals surface area contributed by atoms with E-state index >= 15 is 0 Å². The second-order valence-electron chi connectivity index (χ2n) is 24.6. The number of ether oxygens (including phenoxy) is 4. The molecule has 0 radical (unpaired) electrons. The fourth-order valence-electron chi connectivity index (χ4n) is 11.5. The van der Waals surface area contributed by atoms with Crippen LogP contribution < -0.4 is 5.32 Å². The van der Waals surface area contributed by atoms with Crippen molar-refractivity contribution in [1.82, 2.24) is 5.32 Å². The van der Waals surface area contributed by atoms with Crippen LogP contribution in [0.2, 0.25) is 0 Å². The number of aliphatic hydroxyl groups is 8. The Morgan fingerprint density at radius 3 is 1.19 bits per heavy atom. The molecule has 2 rings (SSSR count). The summed E-state index contributed by atoms with van der Waals surface area (Å²) < 4.78 is 22.7. The molecule has 0 spiro atoms. The van der Waals surface area contributed by atoms with Crippen LogP contribution >= 0.6 is 0 Å². The monoisotopic (exact) mass is 1180 g/mol. The van der Waals surface area contributed by atoms with Crippen LogP contribution in [0.5, 0.6) is 0 Å². The molecule has 0 aromatic heterocycles. The standard InChI is InChI=1S/C69H129NO13/c1-3-5-7-9-11-13-15-16-17-18-19-20-21-22-23-24-25-26-27-28-29-30-31-32-33-34-35-36-37-38-39-40-41-42-43-45-47-49-51-53-61(74)70-57(58(73)52-50-48-46-44-14-12-10-8-6-4-2)56-80-68-66(79)64(77)67(60(55-72)82-68)83-69-65(78)63(76)62(75)59(54-71)81-69/h14,18-19,44,50,52,57-60,62-69,71-73,75-79H,3-13,15-17,20-43,45-49,51,53-56H2,1-2H3,(H,70,74)/b19-18-,44-14+,52-50+. The van der Waals surface area contributed by atoms with Crippen molar-refractivity contribution in [3.63, 3.8) is 0 Å². The molecule has 0 aromatic rings. The van der Waals surface area contributed by atoms with Gasteiger partial charge in [-0.2, -0.15) is 0 Å². The number of hydrogen-bond donors (Lipinski definition) is 9. The highest BCUT2D eigenvalue weighted by molar-refractivity contribution is 5.76. The molecule has 83 heavy (non-hydrogen) atoms. The number of allylic oxidation sites excluding steroid dienone is 5. The van der Waals surface area contributed by atoms with Crippen molar-refractivity contribution in [2.75, 3.05) is 19.8 Å². The van der Waals surface area contributed by atoms with Crippen molar-refractivity contribution in [3.05, 3.63) is 36.5 Å². The molecule has 2 saturated heterocycles. The summed E-state index contributed by atoms with van der Waals surface area (Å²) >= 11 is 0. The van der Waals surface area contributed by atoms with Crippen LogP contribution in [0, 0.1) is 0 Å². The topological polar surface area (TPSA) is 228 Å². The molecule has 12 unspecified atom stereocenters. The summed E-state index contributed by atoms with van der Waals surface area (Å²) in [6.07, 6.45) is 52.7. The first-order valence-electron chi connectivity index (χ1n) is 34.7. The van der Waals surface area contributed by atoms with Crippen LogP contribution in [0.1, 0.15) is 303 Å². The van der Waals surface area contributed by atoms with Crippen molar-refractivity contribution >= 4 is 5.91 Å². The Labute approximate surface area is 506 Å². The largest absolute Gasteiger partial charge is 0.394 e. The van der Waals surface area contributed by atoms with Gasteiger partial charge in [0.2, 0.25) is 5.91 Å². The van der Waals surface area contributed by atoms with Gasteiger partial charge in [0.1, 0.15) is 48.8 Å². The summed E-state index contributed by atoms with van der Waals surface area (Å²) in [4.78, 5) is 13.2. The zero-order valence-corrected chi connectivity index (χ0v) is 53.0. The van der Waals surface area contributed by atoms with Gasteiger partial charge in [-0.15, -0.1) is 0 Å². The van der Waals surface area contributed by atoms with E-state index in [0.29, 0.717) is 12.8 Å². The van der Waals surface area contributed by atoms with E-state index in [1.165, 1.54) is 238 Å². The molecule has 1 amide bonds. The Balaban J connectivity index is 1.52. The molecule has 9 N–H and O–H groups in total. The predicted octanol–water partition coefficient (Wildman–Crippen LogP) is 13.7. The molecule has 14 heteroatoms. The first-order chi connectivity index (χ1) is 40.6. The third-order valence-corrected chi connectivity index (χ3v) is 17.0. The Kier molecular flexibility index (Phi) is 50.6. The molecule has 0 aliphatic carbocycles. The van der Waals surface area contributed by atoms with Crippen LogP contribution in [-0.2, 0) is 23.7 Å². The fraction of sp³-hybridized carbons (Fsp3) is 0.899. The fourth-order valence-corrected chi connectivity index (χ4v) is 11.5. The van der Waals surface area contributed by atoms with Gasteiger partial charge in [-0.3, -0.25) is 4.79 Å². The molecule has 2 aliphatic heterocycles. The molecule has 12 atom stereocenters. The van der Waals surface area contributed by atoms with Crippen molar-refractivity contribution in [1.29, 1.82) is 0 Å². The lowest BCUT2D eigenvalue weighted by molar-refractivity contribution is -0.359. The van der Waals surface area contributed by atoms with Crippen molar-refractivity contribution < 1.29 is 64.6 Å². The Morgan fingerprint density at radius 2 is 0.771 bits per heavy atom. The highest BCUT2D eigenvalue weighted by Crippen LogP contribution is 2.30. The van der Waals surface area contributed by atoms with Gasteiger partial charge >= 0.3 is 0 Å². The summed E-state index contributed by atoms with van der Waals surface area (Å²) in [7, 11) is 0. The predicted molar refractivity (Wildman–Crippen MR) is 337 cm³/mol. The molecule has 2 heterocycles. The van der Waals surface area contributed by atoms with E-state index in [-0.39, 0.29) is 18.9 Å². The summed E-state index contributed by atoms with van der Waals surface area (Å²) in [6, 6.07) is -0.928. The molecular weight excluding hydrogens is 1050 g/mol. The van der Waals surface area contributed by atoms with Crippen LogP contribution in [0.25, 0.3) is 0 Å². The second kappa shape index (κ2) is 54.4.